The summed E-state index contributed by atoms with van der Waals surface area (Å²) in [7, 11) is 0. The highest BCUT2D eigenvalue weighted by Crippen LogP contribution is 2.71. The summed E-state index contributed by atoms with van der Waals surface area (Å²) in [5, 5.41) is 20.5. The van der Waals surface area contributed by atoms with E-state index >= 15 is 0 Å². The van der Waals surface area contributed by atoms with Crippen LogP contribution in [0.4, 0.5) is 0 Å². The molecule has 0 unspecified atom stereocenters. The van der Waals surface area contributed by atoms with Crippen LogP contribution in [0.2, 0.25) is 0 Å². The Morgan fingerprint density at radius 1 is 1.00 bits per heavy atom. The molecule has 4 saturated carbocycles. The third-order valence-corrected chi connectivity index (χ3v) is 8.42. The average Bonchev–Trinajstić information content (AvgIpc) is 2.69. The van der Waals surface area contributed by atoms with E-state index in [0.717, 1.165) is 44.9 Å². The van der Waals surface area contributed by atoms with Crippen LogP contribution in [0.15, 0.2) is 0 Å². The van der Waals surface area contributed by atoms with Gasteiger partial charge in [0.15, 0.2) is 0 Å². The van der Waals surface area contributed by atoms with Gasteiger partial charge in [0.05, 0.1) is 11.5 Å². The van der Waals surface area contributed by atoms with Crippen LogP contribution in [0.1, 0.15) is 71.6 Å². The standard InChI is InChI=1S/C19H30O3/c1-17-7-3-8-18(2,22)14(17)6-9-19-10-12(4-5-15(17)19)13(11-19)16(20)21/h12-15,22H,3-11H2,1-2H3,(H,20,21)/t12-,13-,14+,15-,17-,18-,19+/m1/s1. The van der Waals surface area contributed by atoms with Gasteiger partial charge in [-0.15, -0.1) is 0 Å². The first-order chi connectivity index (χ1) is 10.3. The van der Waals surface area contributed by atoms with Crippen LogP contribution in [0, 0.1) is 34.5 Å². The molecule has 124 valence electrons. The van der Waals surface area contributed by atoms with Crippen molar-refractivity contribution in [3.8, 4) is 0 Å². The summed E-state index contributed by atoms with van der Waals surface area (Å²) < 4.78 is 0. The summed E-state index contributed by atoms with van der Waals surface area (Å²) in [5.41, 5.74) is -0.0285. The summed E-state index contributed by atoms with van der Waals surface area (Å²) in [6.45, 7) is 4.47. The van der Waals surface area contributed by atoms with E-state index in [0.29, 0.717) is 17.8 Å². The van der Waals surface area contributed by atoms with Gasteiger partial charge in [-0.05, 0) is 86.9 Å². The van der Waals surface area contributed by atoms with Gasteiger partial charge >= 0.3 is 5.97 Å². The van der Waals surface area contributed by atoms with Crippen LogP contribution >= 0.6 is 0 Å². The predicted octanol–water partition coefficient (Wildman–Crippen LogP) is 3.84. The number of carbonyl (C=O) groups is 1. The molecule has 4 fully saturated rings. The lowest BCUT2D eigenvalue weighted by Gasteiger charge is -2.63. The molecule has 0 aromatic carbocycles. The first-order valence-corrected chi connectivity index (χ1v) is 9.24. The number of rotatable bonds is 1. The molecule has 2 N–H and O–H groups in total. The Morgan fingerprint density at radius 2 is 1.77 bits per heavy atom. The lowest BCUT2D eigenvalue weighted by atomic mass is 9.43. The molecule has 4 rings (SSSR count). The van der Waals surface area contributed by atoms with Crippen molar-refractivity contribution >= 4 is 5.97 Å². The SMILES string of the molecule is C[C@@]12CCC[C@@](C)(O)[C@H]1CC[C@@]13C[C@@H](CC[C@@H]12)[C@H](C(=O)O)C3. The van der Waals surface area contributed by atoms with Crippen molar-refractivity contribution < 1.29 is 15.0 Å². The Hall–Kier alpha value is -0.570. The number of fused-ring (bicyclic) bond motifs is 3. The Bertz CT molecular complexity index is 499. The first kappa shape index (κ1) is 15.0. The van der Waals surface area contributed by atoms with Crippen molar-refractivity contribution in [3.63, 3.8) is 0 Å². The molecule has 1 spiro atoms. The van der Waals surface area contributed by atoms with Gasteiger partial charge in [-0.2, -0.15) is 0 Å². The highest BCUT2D eigenvalue weighted by molar-refractivity contribution is 5.71. The van der Waals surface area contributed by atoms with Crippen LogP contribution in [-0.4, -0.2) is 21.8 Å². The maximum absolute atomic E-state index is 11.6. The van der Waals surface area contributed by atoms with Gasteiger partial charge < -0.3 is 10.2 Å². The lowest BCUT2D eigenvalue weighted by Crippen LogP contribution is -2.58. The Balaban J connectivity index is 1.70. The topological polar surface area (TPSA) is 57.5 Å². The van der Waals surface area contributed by atoms with Gasteiger partial charge in [-0.3, -0.25) is 4.79 Å². The molecule has 0 heterocycles. The lowest BCUT2D eigenvalue weighted by molar-refractivity contribution is -0.180. The molecule has 0 radical (unpaired) electrons. The minimum Gasteiger partial charge on any atom is -0.481 e. The monoisotopic (exact) mass is 306 g/mol. The van der Waals surface area contributed by atoms with Crippen molar-refractivity contribution in [2.24, 2.45) is 34.5 Å². The number of aliphatic hydroxyl groups is 1. The second kappa shape index (κ2) is 4.49. The van der Waals surface area contributed by atoms with Crippen molar-refractivity contribution in [1.29, 1.82) is 0 Å². The predicted molar refractivity (Wildman–Crippen MR) is 84.3 cm³/mol. The van der Waals surface area contributed by atoms with Crippen LogP contribution in [0.5, 0.6) is 0 Å². The van der Waals surface area contributed by atoms with E-state index in [1.165, 1.54) is 12.8 Å². The minimum atomic E-state index is -0.564. The summed E-state index contributed by atoms with van der Waals surface area (Å²) in [4.78, 5) is 11.6. The van der Waals surface area contributed by atoms with Crippen molar-refractivity contribution in [2.45, 2.75) is 77.2 Å². The summed E-state index contributed by atoms with van der Waals surface area (Å²) in [5.74, 6) is 0.786. The fourth-order valence-electron chi connectivity index (χ4n) is 7.70. The number of hydrogen-bond acceptors (Lipinski definition) is 2. The highest BCUT2D eigenvalue weighted by Gasteiger charge is 2.65. The molecule has 0 aliphatic heterocycles. The summed E-state index contributed by atoms with van der Waals surface area (Å²) >= 11 is 0. The third kappa shape index (κ3) is 1.81. The molecule has 2 bridgehead atoms. The number of hydrogen-bond donors (Lipinski definition) is 2. The van der Waals surface area contributed by atoms with E-state index in [-0.39, 0.29) is 16.7 Å². The van der Waals surface area contributed by atoms with Crippen molar-refractivity contribution in [3.05, 3.63) is 0 Å². The van der Waals surface area contributed by atoms with Gasteiger partial charge in [-0.1, -0.05) is 13.3 Å². The van der Waals surface area contributed by atoms with E-state index in [2.05, 4.69) is 6.92 Å². The number of carboxylic acid groups (broad SMARTS) is 1. The van der Waals surface area contributed by atoms with E-state index in [1.807, 2.05) is 6.92 Å². The zero-order valence-corrected chi connectivity index (χ0v) is 14.0. The van der Waals surface area contributed by atoms with E-state index in [9.17, 15) is 15.0 Å². The smallest absolute Gasteiger partial charge is 0.306 e. The van der Waals surface area contributed by atoms with Crippen LogP contribution in [0.25, 0.3) is 0 Å². The molecule has 0 amide bonds. The van der Waals surface area contributed by atoms with Gasteiger partial charge in [0.2, 0.25) is 0 Å². The molecule has 22 heavy (non-hydrogen) atoms. The Morgan fingerprint density at radius 3 is 2.50 bits per heavy atom. The molecule has 4 aliphatic rings. The normalized spacial score (nSPS) is 57.0. The molecule has 3 heteroatoms. The van der Waals surface area contributed by atoms with Gasteiger partial charge in [-0.25, -0.2) is 0 Å². The highest BCUT2D eigenvalue weighted by atomic mass is 16.4. The fourth-order valence-corrected chi connectivity index (χ4v) is 7.70. The first-order valence-electron chi connectivity index (χ1n) is 9.24. The van der Waals surface area contributed by atoms with E-state index in [1.54, 1.807) is 0 Å². The summed E-state index contributed by atoms with van der Waals surface area (Å²) in [6, 6.07) is 0. The average molecular weight is 306 g/mol. The maximum Gasteiger partial charge on any atom is 0.306 e. The second-order valence-corrected chi connectivity index (χ2v) is 9.41. The quantitative estimate of drug-likeness (QED) is 0.773. The molecule has 7 atom stereocenters. The van der Waals surface area contributed by atoms with Crippen LogP contribution in [-0.2, 0) is 4.79 Å². The molecule has 0 aromatic rings. The van der Waals surface area contributed by atoms with Crippen LogP contribution < -0.4 is 0 Å². The molecular weight excluding hydrogens is 276 g/mol. The maximum atomic E-state index is 11.6. The largest absolute Gasteiger partial charge is 0.481 e. The Kier molecular flexibility index (Phi) is 3.06. The van der Waals surface area contributed by atoms with Gasteiger partial charge in [0.25, 0.3) is 0 Å². The zero-order valence-electron chi connectivity index (χ0n) is 14.0. The Labute approximate surface area is 133 Å². The van der Waals surface area contributed by atoms with Gasteiger partial charge in [0.1, 0.15) is 0 Å². The van der Waals surface area contributed by atoms with E-state index in [4.69, 9.17) is 0 Å². The fraction of sp³-hybridized carbons (Fsp3) is 0.947. The minimum absolute atomic E-state index is 0.103. The summed E-state index contributed by atoms with van der Waals surface area (Å²) in [6.07, 6.45) is 9.86. The van der Waals surface area contributed by atoms with Crippen molar-refractivity contribution in [2.75, 3.05) is 0 Å². The second-order valence-electron chi connectivity index (χ2n) is 9.41. The van der Waals surface area contributed by atoms with Crippen LogP contribution in [0.3, 0.4) is 0 Å². The van der Waals surface area contributed by atoms with Gasteiger partial charge in [0, 0.05) is 0 Å². The molecular formula is C19H30O3. The zero-order chi connectivity index (χ0) is 15.8. The van der Waals surface area contributed by atoms with Crippen molar-refractivity contribution in [1.82, 2.24) is 0 Å². The number of aliphatic carboxylic acids is 1. The molecule has 0 saturated heterocycles. The molecule has 0 aromatic heterocycles. The van der Waals surface area contributed by atoms with E-state index < -0.39 is 11.6 Å². The molecule has 3 nitrogen and oxygen atoms in total. The molecule has 4 aliphatic carbocycles. The number of carboxylic acids is 1. The third-order valence-electron chi connectivity index (χ3n) is 8.42.